The van der Waals surface area contributed by atoms with Crippen LogP contribution in [0.2, 0.25) is 0 Å². The smallest absolute Gasteiger partial charge is 0.289 e. The number of carbonyl (C=O) groups excluding carboxylic acids is 2. The lowest BCUT2D eigenvalue weighted by atomic mass is 9.91. The quantitative estimate of drug-likeness (QED) is 0.428. The summed E-state index contributed by atoms with van der Waals surface area (Å²) in [6.07, 6.45) is 6.71. The van der Waals surface area contributed by atoms with Crippen LogP contribution in [0.5, 0.6) is 0 Å². The van der Waals surface area contributed by atoms with Crippen molar-refractivity contribution in [2.75, 3.05) is 0 Å². The van der Waals surface area contributed by atoms with Crippen LogP contribution in [0.4, 0.5) is 0 Å². The molecule has 2 amide bonds. The van der Waals surface area contributed by atoms with Crippen LogP contribution in [0.25, 0.3) is 22.9 Å². The molecule has 176 valence electrons. The minimum absolute atomic E-state index is 0.182. The largest absolute Gasteiger partial charge is 0.431 e. The van der Waals surface area contributed by atoms with Crippen molar-refractivity contribution in [3.63, 3.8) is 0 Å². The van der Waals surface area contributed by atoms with E-state index in [-0.39, 0.29) is 34.4 Å². The molecule has 6 rings (SSSR count). The van der Waals surface area contributed by atoms with Crippen molar-refractivity contribution >= 4 is 11.8 Å². The van der Waals surface area contributed by atoms with Gasteiger partial charge in [-0.3, -0.25) is 9.59 Å². The Balaban J connectivity index is 1.11. The highest BCUT2D eigenvalue weighted by atomic mass is 16.4. The summed E-state index contributed by atoms with van der Waals surface area (Å²) < 4.78 is 11.4. The van der Waals surface area contributed by atoms with Crippen molar-refractivity contribution in [2.45, 2.75) is 43.2 Å². The van der Waals surface area contributed by atoms with Crippen LogP contribution in [-0.4, -0.2) is 32.9 Å². The number of hydrogen-bond acceptors (Lipinski definition) is 6. The normalized spacial score (nSPS) is 22.7. The van der Waals surface area contributed by atoms with Gasteiger partial charge in [0.05, 0.1) is 12.4 Å². The second kappa shape index (κ2) is 8.23. The van der Waals surface area contributed by atoms with Gasteiger partial charge in [-0.15, -0.1) is 0 Å². The van der Waals surface area contributed by atoms with Crippen LogP contribution in [0.15, 0.2) is 81.9 Å². The number of benzene rings is 2. The molecule has 2 fully saturated rings. The van der Waals surface area contributed by atoms with E-state index in [9.17, 15) is 9.59 Å². The maximum atomic E-state index is 13.0. The Bertz CT molecular complexity index is 1260. The third-order valence-electron chi connectivity index (χ3n) is 7.10. The molecule has 0 saturated heterocycles. The second-order valence-corrected chi connectivity index (χ2v) is 9.44. The van der Waals surface area contributed by atoms with Gasteiger partial charge in [0.1, 0.15) is 0 Å². The van der Waals surface area contributed by atoms with Crippen LogP contribution >= 0.6 is 0 Å². The molecule has 35 heavy (non-hydrogen) atoms. The highest BCUT2D eigenvalue weighted by Crippen LogP contribution is 2.50. The van der Waals surface area contributed by atoms with E-state index in [0.717, 1.165) is 36.8 Å². The van der Waals surface area contributed by atoms with Gasteiger partial charge < -0.3 is 19.5 Å². The summed E-state index contributed by atoms with van der Waals surface area (Å²) in [5.74, 6) is 0.616. The zero-order valence-electron chi connectivity index (χ0n) is 19.0. The topological polar surface area (TPSA) is 110 Å². The van der Waals surface area contributed by atoms with Gasteiger partial charge in [-0.1, -0.05) is 36.4 Å². The number of fused-ring (bicyclic) bond motifs is 2. The number of hydrogen-bond donors (Lipinski definition) is 2. The van der Waals surface area contributed by atoms with Gasteiger partial charge in [-0.2, -0.15) is 0 Å². The molecule has 2 aromatic carbocycles. The lowest BCUT2D eigenvalue weighted by Crippen LogP contribution is -2.46. The van der Waals surface area contributed by atoms with Crippen LogP contribution < -0.4 is 10.6 Å². The van der Waals surface area contributed by atoms with Crippen LogP contribution in [0.1, 0.15) is 53.2 Å². The first-order valence-corrected chi connectivity index (χ1v) is 11.7. The highest BCUT2D eigenvalue weighted by Gasteiger charge is 2.56. The van der Waals surface area contributed by atoms with E-state index in [4.69, 9.17) is 8.83 Å². The van der Waals surface area contributed by atoms with E-state index in [1.807, 2.05) is 60.7 Å². The Kier molecular flexibility index (Phi) is 5.02. The Morgan fingerprint density at radius 1 is 0.657 bits per heavy atom. The minimum Gasteiger partial charge on any atom is -0.431 e. The molecular weight excluding hydrogens is 444 g/mol. The lowest BCUT2D eigenvalue weighted by molar-refractivity contribution is 0.0865. The standard InChI is InChI=1S/C27H24N4O4/c32-22(20-15-28-24(34-20)18-7-3-1-4-8-18)30-26-11-13-27(17-26,14-12-26)31-23(33)21-16-29-25(35-21)19-9-5-2-6-10-19/h1-10,15-16H,11-14,17H2,(H,30,32)(H,31,33). The number of carbonyl (C=O) groups is 2. The third kappa shape index (κ3) is 4.01. The van der Waals surface area contributed by atoms with Crippen molar-refractivity contribution in [3.05, 3.63) is 84.6 Å². The molecule has 0 unspecified atom stereocenters. The zero-order chi connectivity index (χ0) is 23.9. The van der Waals surface area contributed by atoms with Gasteiger partial charge in [0, 0.05) is 22.2 Å². The fourth-order valence-corrected chi connectivity index (χ4v) is 5.34. The summed E-state index contributed by atoms with van der Waals surface area (Å²) in [4.78, 5) is 34.4. The van der Waals surface area contributed by atoms with Crippen molar-refractivity contribution < 1.29 is 18.4 Å². The Hall–Kier alpha value is -4.20. The van der Waals surface area contributed by atoms with Crippen molar-refractivity contribution in [3.8, 4) is 22.9 Å². The zero-order valence-corrected chi connectivity index (χ0v) is 19.0. The van der Waals surface area contributed by atoms with E-state index >= 15 is 0 Å². The predicted molar refractivity (Wildman–Crippen MR) is 127 cm³/mol. The van der Waals surface area contributed by atoms with Crippen molar-refractivity contribution in [1.29, 1.82) is 0 Å². The molecule has 2 bridgehead atoms. The first-order valence-electron chi connectivity index (χ1n) is 11.7. The van der Waals surface area contributed by atoms with E-state index < -0.39 is 0 Å². The van der Waals surface area contributed by atoms with Gasteiger partial charge in [0.15, 0.2) is 0 Å². The van der Waals surface area contributed by atoms with Gasteiger partial charge in [0.25, 0.3) is 11.8 Å². The molecule has 2 aliphatic carbocycles. The molecule has 0 aliphatic heterocycles. The van der Waals surface area contributed by atoms with Crippen LogP contribution in [0, 0.1) is 0 Å². The maximum Gasteiger partial charge on any atom is 0.289 e. The number of amides is 2. The first kappa shape index (κ1) is 21.3. The number of aromatic nitrogens is 2. The van der Waals surface area contributed by atoms with Crippen molar-refractivity contribution in [1.82, 2.24) is 20.6 Å². The van der Waals surface area contributed by atoms with E-state index in [1.54, 1.807) is 0 Å². The van der Waals surface area contributed by atoms with Crippen molar-refractivity contribution in [2.24, 2.45) is 0 Å². The molecule has 4 aromatic rings. The Morgan fingerprint density at radius 2 is 1.06 bits per heavy atom. The monoisotopic (exact) mass is 468 g/mol. The summed E-state index contributed by atoms with van der Waals surface area (Å²) in [5, 5.41) is 6.34. The number of rotatable bonds is 6. The number of nitrogens with zero attached hydrogens (tertiary/aromatic N) is 2. The van der Waals surface area contributed by atoms with Crippen LogP contribution in [0.3, 0.4) is 0 Å². The summed E-state index contributed by atoms with van der Waals surface area (Å²) in [5.41, 5.74) is 0.883. The fraction of sp³-hybridized carbons (Fsp3) is 0.259. The lowest BCUT2D eigenvalue weighted by Gasteiger charge is -2.28. The minimum atomic E-state index is -0.374. The summed E-state index contributed by atoms with van der Waals surface area (Å²) in [6.45, 7) is 0. The number of oxazole rings is 2. The van der Waals surface area contributed by atoms with E-state index in [2.05, 4.69) is 20.6 Å². The maximum absolute atomic E-state index is 13.0. The molecule has 0 spiro atoms. The molecule has 0 radical (unpaired) electrons. The molecule has 2 aromatic heterocycles. The molecule has 2 aliphatic rings. The molecule has 8 heteroatoms. The highest BCUT2D eigenvalue weighted by molar-refractivity contribution is 5.93. The second-order valence-electron chi connectivity index (χ2n) is 9.44. The Morgan fingerprint density at radius 3 is 1.46 bits per heavy atom. The number of nitrogens with one attached hydrogen (secondary N) is 2. The van der Waals surface area contributed by atoms with Crippen LogP contribution in [-0.2, 0) is 0 Å². The Labute approximate surface area is 201 Å². The summed E-state index contributed by atoms with van der Waals surface area (Å²) >= 11 is 0. The first-order chi connectivity index (χ1) is 17.0. The van der Waals surface area contributed by atoms with Gasteiger partial charge in [0.2, 0.25) is 23.3 Å². The molecule has 2 saturated carbocycles. The average Bonchev–Trinajstić information content (AvgIpc) is 3.68. The molecular formula is C27H24N4O4. The predicted octanol–water partition coefficient (Wildman–Crippen LogP) is 4.61. The fourth-order valence-electron chi connectivity index (χ4n) is 5.34. The van der Waals surface area contributed by atoms with Gasteiger partial charge >= 0.3 is 0 Å². The summed E-state index contributed by atoms with van der Waals surface area (Å²) in [7, 11) is 0. The van der Waals surface area contributed by atoms with Gasteiger partial charge in [-0.05, 0) is 56.4 Å². The molecule has 8 nitrogen and oxygen atoms in total. The SMILES string of the molecule is O=C(NC12CCC(NC(=O)c3cnc(-c4ccccc4)o3)(CC1)C2)c1cnc(-c2ccccc2)o1. The molecule has 0 atom stereocenters. The molecule has 2 heterocycles. The molecule has 2 N–H and O–H groups in total. The van der Waals surface area contributed by atoms with E-state index in [1.165, 1.54) is 12.4 Å². The van der Waals surface area contributed by atoms with Gasteiger partial charge in [-0.25, -0.2) is 9.97 Å². The summed E-state index contributed by atoms with van der Waals surface area (Å²) in [6, 6.07) is 18.9. The average molecular weight is 469 g/mol. The van der Waals surface area contributed by atoms with E-state index in [0.29, 0.717) is 18.2 Å². The third-order valence-corrected chi connectivity index (χ3v) is 7.10.